The maximum absolute atomic E-state index is 13.7. The first-order valence-corrected chi connectivity index (χ1v) is 14.5. The van der Waals surface area contributed by atoms with Crippen molar-refractivity contribution in [1.82, 2.24) is 34.7 Å². The second kappa shape index (κ2) is 12.1. The van der Waals surface area contributed by atoms with Crippen molar-refractivity contribution < 1.29 is 26.7 Å². The smallest absolute Gasteiger partial charge is 0.241 e. The second-order valence-electron chi connectivity index (χ2n) is 9.50. The van der Waals surface area contributed by atoms with E-state index in [1.54, 1.807) is 11.5 Å². The molecule has 0 aliphatic heterocycles. The Morgan fingerprint density at radius 1 is 1.08 bits per heavy atom. The summed E-state index contributed by atoms with van der Waals surface area (Å²) in [6.07, 6.45) is 2.31. The van der Waals surface area contributed by atoms with Gasteiger partial charge in [0.1, 0.15) is 29.7 Å². The number of ether oxygens (including phenoxy) is 2. The number of methoxy groups -OCH3 is 2. The molecular formula is C24H30ClF2N7O4S. The topological polar surface area (TPSA) is 135 Å². The number of hydrogen-bond donors (Lipinski definition) is 0. The predicted molar refractivity (Wildman–Crippen MR) is 138 cm³/mol. The molecule has 4 rings (SSSR count). The Kier molecular flexibility index (Phi) is 9.07. The summed E-state index contributed by atoms with van der Waals surface area (Å²) in [7, 11) is -1.11. The molecule has 0 bridgehead atoms. The lowest BCUT2D eigenvalue weighted by Crippen LogP contribution is -2.30. The van der Waals surface area contributed by atoms with Crippen molar-refractivity contribution in [1.29, 1.82) is 0 Å². The van der Waals surface area contributed by atoms with Gasteiger partial charge in [0.2, 0.25) is 12.3 Å². The fourth-order valence-corrected chi connectivity index (χ4v) is 6.41. The number of sulfone groups is 1. The van der Waals surface area contributed by atoms with Crippen molar-refractivity contribution in [3.8, 4) is 11.6 Å². The summed E-state index contributed by atoms with van der Waals surface area (Å²) in [5, 5.41) is 7.86. The molecule has 2 atom stereocenters. The molecule has 0 saturated heterocycles. The molecule has 1 aliphatic carbocycles. The normalized spacial score (nSPS) is 19.7. The largest absolute Gasteiger partial charge is 0.479 e. The Labute approximate surface area is 230 Å². The molecule has 1 fully saturated rings. The molecule has 0 N–H and O–H groups in total. The highest BCUT2D eigenvalue weighted by molar-refractivity contribution is 7.91. The van der Waals surface area contributed by atoms with Crippen molar-refractivity contribution in [3.05, 3.63) is 46.9 Å². The van der Waals surface area contributed by atoms with E-state index in [0.29, 0.717) is 47.9 Å². The molecule has 11 nitrogen and oxygen atoms in total. The number of halogens is 3. The summed E-state index contributed by atoms with van der Waals surface area (Å²) < 4.78 is 66.5. The van der Waals surface area contributed by atoms with Crippen LogP contribution in [-0.2, 0) is 20.3 Å². The summed E-state index contributed by atoms with van der Waals surface area (Å²) in [5.74, 6) is -0.420. The lowest BCUT2D eigenvalue weighted by Gasteiger charge is -2.28. The molecule has 1 saturated carbocycles. The zero-order chi connectivity index (χ0) is 28.3. The van der Waals surface area contributed by atoms with Crippen LogP contribution in [0.3, 0.4) is 0 Å². The minimum atomic E-state index is -3.93. The van der Waals surface area contributed by atoms with Crippen molar-refractivity contribution in [2.24, 2.45) is 5.92 Å². The number of hydrogen-bond acceptors (Lipinski definition) is 10. The summed E-state index contributed by atoms with van der Waals surface area (Å²) in [6.45, 7) is 3.24. The molecular weight excluding hydrogens is 556 g/mol. The maximum Gasteiger partial charge on any atom is 0.241 e. The van der Waals surface area contributed by atoms with Gasteiger partial charge in [-0.15, -0.1) is 10.2 Å². The Balaban J connectivity index is 1.73. The van der Waals surface area contributed by atoms with Gasteiger partial charge >= 0.3 is 0 Å². The molecule has 39 heavy (non-hydrogen) atoms. The van der Waals surface area contributed by atoms with Gasteiger partial charge in [0.05, 0.1) is 23.1 Å². The van der Waals surface area contributed by atoms with Crippen LogP contribution in [-0.4, -0.2) is 69.0 Å². The number of aryl methyl sites for hydroxylation is 1. The molecule has 0 amide bonds. The van der Waals surface area contributed by atoms with Crippen molar-refractivity contribution in [2.45, 2.75) is 69.0 Å². The van der Waals surface area contributed by atoms with E-state index >= 15 is 0 Å². The zero-order valence-corrected chi connectivity index (χ0v) is 23.5. The first kappa shape index (κ1) is 29.2. The molecule has 15 heteroatoms. The van der Waals surface area contributed by atoms with E-state index in [1.165, 1.54) is 39.9 Å². The highest BCUT2D eigenvalue weighted by atomic mass is 35.5. The third-order valence-corrected chi connectivity index (χ3v) is 9.34. The van der Waals surface area contributed by atoms with E-state index < -0.39 is 39.3 Å². The van der Waals surface area contributed by atoms with E-state index in [2.05, 4.69) is 30.1 Å². The van der Waals surface area contributed by atoms with Crippen LogP contribution < -0.4 is 4.74 Å². The van der Waals surface area contributed by atoms with Gasteiger partial charge in [-0.05, 0) is 39.5 Å². The third-order valence-electron chi connectivity index (χ3n) is 7.11. The van der Waals surface area contributed by atoms with Crippen LogP contribution in [0.25, 0.3) is 5.69 Å². The van der Waals surface area contributed by atoms with E-state index in [0.717, 1.165) is 0 Å². The number of rotatable bonds is 10. The molecule has 0 aromatic carbocycles. The Bertz CT molecular complexity index is 1380. The minimum absolute atomic E-state index is 0.121. The van der Waals surface area contributed by atoms with Crippen LogP contribution in [0.15, 0.2) is 18.7 Å². The van der Waals surface area contributed by atoms with Crippen LogP contribution in [0.5, 0.6) is 5.88 Å². The summed E-state index contributed by atoms with van der Waals surface area (Å²) >= 11 is 5.88. The van der Waals surface area contributed by atoms with Gasteiger partial charge < -0.3 is 9.47 Å². The lowest BCUT2D eigenvalue weighted by molar-refractivity contribution is 0.0522. The van der Waals surface area contributed by atoms with E-state index in [1.807, 2.05) is 0 Å². The number of alkyl halides is 2. The molecule has 3 heterocycles. The molecule has 3 aromatic heterocycles. The van der Waals surface area contributed by atoms with Crippen LogP contribution in [0.2, 0.25) is 5.02 Å². The second-order valence-corrected chi connectivity index (χ2v) is 12.3. The Hall–Kier alpha value is -2.84. The lowest BCUT2D eigenvalue weighted by atomic mass is 9.81. The SMILES string of the molecule is COc1ncnc(C)c1-n1c(CS(=O)(=O)[C@@H](C)[C@H](OC)c2ncc(Cl)cn2)nnc1C1CCC(C(F)F)CC1. The molecule has 1 aliphatic rings. The molecule has 0 spiro atoms. The van der Waals surface area contributed by atoms with Crippen molar-refractivity contribution in [3.63, 3.8) is 0 Å². The maximum atomic E-state index is 13.7. The molecule has 0 unspecified atom stereocenters. The van der Waals surface area contributed by atoms with Crippen molar-refractivity contribution in [2.75, 3.05) is 14.2 Å². The highest BCUT2D eigenvalue weighted by Crippen LogP contribution is 2.40. The minimum Gasteiger partial charge on any atom is -0.479 e. The van der Waals surface area contributed by atoms with Gasteiger partial charge in [-0.25, -0.2) is 32.2 Å². The zero-order valence-electron chi connectivity index (χ0n) is 22.0. The van der Waals surface area contributed by atoms with Gasteiger partial charge in [0.25, 0.3) is 0 Å². The van der Waals surface area contributed by atoms with Gasteiger partial charge in [0, 0.05) is 31.3 Å². The highest BCUT2D eigenvalue weighted by Gasteiger charge is 2.37. The Morgan fingerprint density at radius 3 is 2.33 bits per heavy atom. The summed E-state index contributed by atoms with van der Waals surface area (Å²) in [4.78, 5) is 16.7. The average Bonchev–Trinajstić information content (AvgIpc) is 3.32. The monoisotopic (exact) mass is 585 g/mol. The molecule has 0 radical (unpaired) electrons. The van der Waals surface area contributed by atoms with Gasteiger partial charge in [-0.1, -0.05) is 11.6 Å². The quantitative estimate of drug-likeness (QED) is 0.343. The van der Waals surface area contributed by atoms with Crippen LogP contribution >= 0.6 is 11.6 Å². The number of nitrogens with zero attached hydrogens (tertiary/aromatic N) is 7. The predicted octanol–water partition coefficient (Wildman–Crippen LogP) is 4.05. The van der Waals surface area contributed by atoms with Gasteiger partial charge in [0.15, 0.2) is 21.5 Å². The van der Waals surface area contributed by atoms with E-state index in [9.17, 15) is 17.2 Å². The van der Waals surface area contributed by atoms with Crippen LogP contribution in [0.4, 0.5) is 8.78 Å². The Morgan fingerprint density at radius 2 is 1.74 bits per heavy atom. The van der Waals surface area contributed by atoms with Gasteiger partial charge in [-0.2, -0.15) is 4.98 Å². The van der Waals surface area contributed by atoms with Crippen LogP contribution in [0, 0.1) is 12.8 Å². The van der Waals surface area contributed by atoms with E-state index in [-0.39, 0.29) is 23.4 Å². The van der Waals surface area contributed by atoms with Gasteiger partial charge in [-0.3, -0.25) is 4.57 Å². The summed E-state index contributed by atoms with van der Waals surface area (Å²) in [5.41, 5.74) is 0.915. The van der Waals surface area contributed by atoms with Crippen LogP contribution in [0.1, 0.15) is 67.8 Å². The first-order valence-electron chi connectivity index (χ1n) is 12.4. The average molecular weight is 586 g/mol. The number of aromatic nitrogens is 7. The first-order chi connectivity index (χ1) is 18.6. The molecule has 3 aromatic rings. The fraction of sp³-hybridized carbons (Fsp3) is 0.583. The molecule has 212 valence electrons. The van der Waals surface area contributed by atoms with Crippen molar-refractivity contribution >= 4 is 21.4 Å². The third kappa shape index (κ3) is 6.17. The summed E-state index contributed by atoms with van der Waals surface area (Å²) in [6, 6.07) is 0. The van der Waals surface area contributed by atoms with E-state index in [4.69, 9.17) is 21.1 Å². The fourth-order valence-electron chi connectivity index (χ4n) is 4.89. The standard InChI is InChI=1S/C24H30ClF2N7O4S/c1-13-19(24(38-4)31-12-30-13)34-18(32-33-23(34)16-7-5-15(6-8-16)21(26)27)11-39(35,36)14(2)20(37-3)22-28-9-17(25)10-29-22/h9-10,12,14-16,20-21H,5-8,11H2,1-4H3/t14-,15?,16?,20-/m0/s1.